The molecule has 1 heterocycles. The average Bonchev–Trinajstić information content (AvgIpc) is 2.97. The number of fused-ring (bicyclic) bond motifs is 1. The first kappa shape index (κ1) is 18.5. The standard InChI is InChI=1S/C21H29N3O2/c1-15-18(17-11-7-8-12-19(17)22-15)13-20(25)23(2)14-21(26)24(3)16-9-5-4-6-10-16/h7-8,11-12,16,22H,4-6,9-10,13-14H2,1-3H3. The molecule has 0 saturated heterocycles. The minimum atomic E-state index is -0.0248. The van der Waals surface area contributed by atoms with E-state index >= 15 is 0 Å². The number of H-pyrrole nitrogens is 1. The van der Waals surface area contributed by atoms with Gasteiger partial charge in [0.05, 0.1) is 13.0 Å². The summed E-state index contributed by atoms with van der Waals surface area (Å²) in [5.74, 6) is 0.00615. The van der Waals surface area contributed by atoms with Crippen LogP contribution in [-0.2, 0) is 16.0 Å². The molecule has 1 aliphatic carbocycles. The van der Waals surface area contributed by atoms with E-state index in [1.54, 1.807) is 11.9 Å². The summed E-state index contributed by atoms with van der Waals surface area (Å²) in [7, 11) is 3.60. The molecular weight excluding hydrogens is 326 g/mol. The molecule has 0 radical (unpaired) electrons. The topological polar surface area (TPSA) is 56.4 Å². The zero-order valence-corrected chi connectivity index (χ0v) is 16.0. The number of hydrogen-bond donors (Lipinski definition) is 1. The zero-order chi connectivity index (χ0) is 18.7. The summed E-state index contributed by atoms with van der Waals surface area (Å²) in [4.78, 5) is 32.0. The van der Waals surface area contributed by atoms with Crippen molar-refractivity contribution >= 4 is 22.7 Å². The zero-order valence-electron chi connectivity index (χ0n) is 16.0. The van der Waals surface area contributed by atoms with Crippen molar-refractivity contribution in [3.05, 3.63) is 35.5 Å². The predicted octanol–water partition coefficient (Wildman–Crippen LogP) is 3.27. The van der Waals surface area contributed by atoms with Crippen LogP contribution < -0.4 is 0 Å². The molecule has 1 fully saturated rings. The minimum absolute atomic E-state index is 0.0248. The molecule has 1 saturated carbocycles. The number of nitrogens with one attached hydrogen (secondary N) is 1. The highest BCUT2D eigenvalue weighted by atomic mass is 16.2. The van der Waals surface area contributed by atoms with Crippen molar-refractivity contribution in [1.29, 1.82) is 0 Å². The van der Waals surface area contributed by atoms with Crippen LogP contribution >= 0.6 is 0 Å². The largest absolute Gasteiger partial charge is 0.358 e. The average molecular weight is 355 g/mol. The highest BCUT2D eigenvalue weighted by Crippen LogP contribution is 2.23. The van der Waals surface area contributed by atoms with Gasteiger partial charge in [-0.15, -0.1) is 0 Å². The molecule has 0 aliphatic heterocycles. The van der Waals surface area contributed by atoms with Crippen molar-refractivity contribution in [3.63, 3.8) is 0 Å². The summed E-state index contributed by atoms with van der Waals surface area (Å²) in [6, 6.07) is 8.34. The molecule has 2 aromatic rings. The number of aryl methyl sites for hydroxylation is 1. The molecule has 1 N–H and O–H groups in total. The van der Waals surface area contributed by atoms with Gasteiger partial charge in [-0.3, -0.25) is 9.59 Å². The van der Waals surface area contributed by atoms with Crippen LogP contribution in [-0.4, -0.2) is 53.3 Å². The number of likely N-dealkylation sites (N-methyl/N-ethyl adjacent to an activating group) is 2. The second-order valence-electron chi connectivity index (χ2n) is 7.50. The number of aromatic amines is 1. The third kappa shape index (κ3) is 3.92. The Morgan fingerprint density at radius 2 is 1.77 bits per heavy atom. The molecule has 5 nitrogen and oxygen atoms in total. The Balaban J connectivity index is 1.62. The van der Waals surface area contributed by atoms with Crippen LogP contribution in [0, 0.1) is 6.92 Å². The molecule has 1 aromatic carbocycles. The van der Waals surface area contributed by atoms with Crippen molar-refractivity contribution in [2.75, 3.05) is 20.6 Å². The third-order valence-corrected chi connectivity index (χ3v) is 5.67. The maximum Gasteiger partial charge on any atom is 0.242 e. The van der Waals surface area contributed by atoms with Gasteiger partial charge in [-0.1, -0.05) is 37.5 Å². The number of nitrogens with zero attached hydrogens (tertiary/aromatic N) is 2. The van der Waals surface area contributed by atoms with Crippen molar-refractivity contribution in [1.82, 2.24) is 14.8 Å². The van der Waals surface area contributed by atoms with E-state index in [-0.39, 0.29) is 18.4 Å². The quantitative estimate of drug-likeness (QED) is 0.895. The Morgan fingerprint density at radius 3 is 2.50 bits per heavy atom. The van der Waals surface area contributed by atoms with Crippen LogP contribution in [0.3, 0.4) is 0 Å². The lowest BCUT2D eigenvalue weighted by molar-refractivity contribution is -0.139. The highest BCUT2D eigenvalue weighted by molar-refractivity contribution is 5.91. The molecular formula is C21H29N3O2. The van der Waals surface area contributed by atoms with Gasteiger partial charge >= 0.3 is 0 Å². The highest BCUT2D eigenvalue weighted by Gasteiger charge is 2.24. The Bertz CT molecular complexity index is 790. The normalized spacial score (nSPS) is 15.2. The van der Waals surface area contributed by atoms with Crippen LogP contribution in [0.2, 0.25) is 0 Å². The Kier molecular flexibility index (Phi) is 5.64. The first-order valence-corrected chi connectivity index (χ1v) is 9.53. The summed E-state index contributed by atoms with van der Waals surface area (Å²) in [6.07, 6.45) is 6.12. The van der Waals surface area contributed by atoms with Crippen molar-refractivity contribution in [2.45, 2.75) is 51.5 Å². The Labute approximate surface area is 155 Å². The smallest absolute Gasteiger partial charge is 0.242 e. The number of hydrogen-bond acceptors (Lipinski definition) is 2. The van der Waals surface area contributed by atoms with Gasteiger partial charge in [0.2, 0.25) is 11.8 Å². The van der Waals surface area contributed by atoms with E-state index in [9.17, 15) is 9.59 Å². The van der Waals surface area contributed by atoms with Gasteiger partial charge in [0.1, 0.15) is 0 Å². The number of carbonyl (C=O) groups is 2. The lowest BCUT2D eigenvalue weighted by atomic mass is 9.94. The monoisotopic (exact) mass is 355 g/mol. The second kappa shape index (κ2) is 7.94. The maximum atomic E-state index is 12.7. The number of para-hydroxylation sites is 1. The van der Waals surface area contributed by atoms with E-state index in [1.165, 1.54) is 19.3 Å². The van der Waals surface area contributed by atoms with Crippen LogP contribution in [0.4, 0.5) is 0 Å². The molecule has 1 aromatic heterocycles. The van der Waals surface area contributed by atoms with Gasteiger partial charge in [0.25, 0.3) is 0 Å². The number of rotatable bonds is 5. The lowest BCUT2D eigenvalue weighted by Crippen LogP contribution is -2.44. The number of aromatic nitrogens is 1. The number of carbonyl (C=O) groups excluding carboxylic acids is 2. The first-order chi connectivity index (χ1) is 12.5. The fraction of sp³-hybridized carbons (Fsp3) is 0.524. The van der Waals surface area contributed by atoms with Gasteiger partial charge in [-0.2, -0.15) is 0 Å². The van der Waals surface area contributed by atoms with Crippen molar-refractivity contribution in [2.24, 2.45) is 0 Å². The molecule has 140 valence electrons. The van der Waals surface area contributed by atoms with Crippen LogP contribution in [0.5, 0.6) is 0 Å². The molecule has 0 bridgehead atoms. The molecule has 2 amide bonds. The van der Waals surface area contributed by atoms with E-state index in [0.717, 1.165) is 35.0 Å². The molecule has 5 heteroatoms. The summed E-state index contributed by atoms with van der Waals surface area (Å²) < 4.78 is 0. The molecule has 1 aliphatic rings. The fourth-order valence-electron chi connectivity index (χ4n) is 3.92. The summed E-state index contributed by atoms with van der Waals surface area (Å²) >= 11 is 0. The summed E-state index contributed by atoms with van der Waals surface area (Å²) in [6.45, 7) is 2.14. The van der Waals surface area contributed by atoms with E-state index in [2.05, 4.69) is 4.98 Å². The first-order valence-electron chi connectivity index (χ1n) is 9.53. The fourth-order valence-corrected chi connectivity index (χ4v) is 3.92. The van der Waals surface area contributed by atoms with E-state index in [1.807, 2.05) is 43.1 Å². The SMILES string of the molecule is Cc1[nH]c2ccccc2c1CC(=O)N(C)CC(=O)N(C)C1CCCCC1. The Hall–Kier alpha value is -2.30. The summed E-state index contributed by atoms with van der Waals surface area (Å²) in [5.41, 5.74) is 3.08. The molecule has 0 unspecified atom stereocenters. The van der Waals surface area contributed by atoms with Gasteiger partial charge in [-0.05, 0) is 31.4 Å². The molecule has 26 heavy (non-hydrogen) atoms. The number of amides is 2. The van der Waals surface area contributed by atoms with E-state index in [0.29, 0.717) is 12.5 Å². The van der Waals surface area contributed by atoms with Crippen LogP contribution in [0.25, 0.3) is 10.9 Å². The van der Waals surface area contributed by atoms with Gasteiger partial charge < -0.3 is 14.8 Å². The maximum absolute atomic E-state index is 12.7. The van der Waals surface area contributed by atoms with Gasteiger partial charge in [-0.25, -0.2) is 0 Å². The van der Waals surface area contributed by atoms with Crippen molar-refractivity contribution < 1.29 is 9.59 Å². The summed E-state index contributed by atoms with van der Waals surface area (Å²) in [5, 5.41) is 1.08. The van der Waals surface area contributed by atoms with Gasteiger partial charge in [0.15, 0.2) is 0 Å². The second-order valence-corrected chi connectivity index (χ2v) is 7.50. The van der Waals surface area contributed by atoms with Crippen LogP contribution in [0.1, 0.15) is 43.4 Å². The minimum Gasteiger partial charge on any atom is -0.358 e. The molecule has 0 atom stereocenters. The van der Waals surface area contributed by atoms with Gasteiger partial charge in [0, 0.05) is 36.7 Å². The number of benzene rings is 1. The predicted molar refractivity (Wildman–Crippen MR) is 104 cm³/mol. The molecule has 0 spiro atoms. The third-order valence-electron chi connectivity index (χ3n) is 5.67. The Morgan fingerprint density at radius 1 is 1.08 bits per heavy atom. The van der Waals surface area contributed by atoms with E-state index < -0.39 is 0 Å². The molecule has 3 rings (SSSR count). The van der Waals surface area contributed by atoms with E-state index in [4.69, 9.17) is 0 Å². The lowest BCUT2D eigenvalue weighted by Gasteiger charge is -2.32. The van der Waals surface area contributed by atoms with Crippen molar-refractivity contribution in [3.8, 4) is 0 Å². The van der Waals surface area contributed by atoms with Crippen LogP contribution in [0.15, 0.2) is 24.3 Å².